The molecule has 2 fully saturated rings. The highest BCUT2D eigenvalue weighted by Crippen LogP contribution is 2.44. The van der Waals surface area contributed by atoms with Crippen LogP contribution in [0.25, 0.3) is 11.1 Å². The molecule has 2 aliphatic heterocycles. The third-order valence-electron chi connectivity index (χ3n) is 6.90. The van der Waals surface area contributed by atoms with Crippen molar-refractivity contribution in [3.8, 4) is 11.1 Å². The van der Waals surface area contributed by atoms with Crippen LogP contribution in [-0.4, -0.2) is 43.5 Å². The van der Waals surface area contributed by atoms with Crippen molar-refractivity contribution in [1.29, 1.82) is 0 Å². The molecule has 5 atom stereocenters. The maximum absolute atomic E-state index is 13.4. The Hall–Kier alpha value is -3.03. The number of aryl methyl sites for hydroxylation is 2. The zero-order valence-electron chi connectivity index (χ0n) is 21.3. The number of benzene rings is 3. The molecule has 3 aromatic rings. The van der Waals surface area contributed by atoms with Crippen LogP contribution in [0.15, 0.2) is 72.8 Å². The van der Waals surface area contributed by atoms with Gasteiger partial charge in [-0.15, -0.1) is 0 Å². The molecule has 0 bridgehead atoms. The lowest BCUT2D eigenvalue weighted by molar-refractivity contribution is -0.237. The van der Waals surface area contributed by atoms with E-state index in [1.807, 2.05) is 88.4 Å². The first-order chi connectivity index (χ1) is 17.3. The van der Waals surface area contributed by atoms with E-state index in [9.17, 15) is 4.79 Å². The lowest BCUT2D eigenvalue weighted by Gasteiger charge is -2.29. The van der Waals surface area contributed by atoms with E-state index in [4.69, 9.17) is 23.7 Å². The molecule has 0 spiro atoms. The van der Waals surface area contributed by atoms with Gasteiger partial charge in [0, 0.05) is 7.11 Å². The molecule has 5 rings (SSSR count). The number of methoxy groups -OCH3 is 1. The minimum absolute atomic E-state index is 0.423. The van der Waals surface area contributed by atoms with Crippen LogP contribution in [0.4, 0.5) is 0 Å². The Morgan fingerprint density at radius 1 is 0.861 bits per heavy atom. The van der Waals surface area contributed by atoms with Gasteiger partial charge in [0.1, 0.15) is 18.3 Å². The molecular formula is C30H32O6. The van der Waals surface area contributed by atoms with Gasteiger partial charge in [0.25, 0.3) is 0 Å². The topological polar surface area (TPSA) is 63.2 Å². The van der Waals surface area contributed by atoms with Crippen molar-refractivity contribution in [2.24, 2.45) is 0 Å². The summed E-state index contributed by atoms with van der Waals surface area (Å²) in [5, 5.41) is 0. The molecule has 2 heterocycles. The molecule has 2 saturated heterocycles. The van der Waals surface area contributed by atoms with Gasteiger partial charge in [-0.25, -0.2) is 4.79 Å². The first-order valence-electron chi connectivity index (χ1n) is 12.2. The van der Waals surface area contributed by atoms with Crippen molar-refractivity contribution in [2.45, 2.75) is 64.2 Å². The third kappa shape index (κ3) is 4.82. The molecule has 0 aromatic heterocycles. The lowest BCUT2D eigenvalue weighted by Crippen LogP contribution is -2.36. The van der Waals surface area contributed by atoms with Crippen molar-refractivity contribution in [3.05, 3.63) is 95.1 Å². The smallest absolute Gasteiger partial charge is 0.338 e. The predicted octanol–water partition coefficient (Wildman–Crippen LogP) is 5.76. The summed E-state index contributed by atoms with van der Waals surface area (Å²) >= 11 is 0. The van der Waals surface area contributed by atoms with Crippen molar-refractivity contribution in [2.75, 3.05) is 7.11 Å². The second-order valence-electron chi connectivity index (χ2n) is 9.88. The van der Waals surface area contributed by atoms with Gasteiger partial charge in [-0.05, 0) is 67.6 Å². The third-order valence-corrected chi connectivity index (χ3v) is 6.90. The molecule has 0 unspecified atom stereocenters. The van der Waals surface area contributed by atoms with Crippen LogP contribution in [-0.2, 0) is 23.7 Å². The van der Waals surface area contributed by atoms with Gasteiger partial charge in [-0.2, -0.15) is 0 Å². The van der Waals surface area contributed by atoms with Crippen LogP contribution in [0.5, 0.6) is 0 Å². The summed E-state index contributed by atoms with van der Waals surface area (Å²) in [6.45, 7) is 7.81. The van der Waals surface area contributed by atoms with Crippen LogP contribution in [0.2, 0.25) is 0 Å². The van der Waals surface area contributed by atoms with E-state index < -0.39 is 42.5 Å². The summed E-state index contributed by atoms with van der Waals surface area (Å²) in [5.74, 6) is -1.23. The second kappa shape index (κ2) is 9.79. The van der Waals surface area contributed by atoms with Gasteiger partial charge in [0.05, 0.1) is 5.56 Å². The molecule has 0 radical (unpaired) electrons. The summed E-state index contributed by atoms with van der Waals surface area (Å²) in [7, 11) is 1.57. The number of hydrogen-bond donors (Lipinski definition) is 0. The van der Waals surface area contributed by atoms with Gasteiger partial charge in [-0.3, -0.25) is 0 Å². The number of carbonyl (C=O) groups excluding carboxylic acids is 1. The Bertz CT molecular complexity index is 1220. The van der Waals surface area contributed by atoms with Gasteiger partial charge >= 0.3 is 5.97 Å². The summed E-state index contributed by atoms with van der Waals surface area (Å²) in [6.07, 6.45) is -2.82. The SMILES string of the molecule is CO[C@@H]1O[C@H]([C@H](OC(=O)c2ccc(-c3ccccc3)cc2)c2ccc(C)c(C)c2)[C@H]2OC(C)(C)O[C@@H]12. The number of fused-ring (bicyclic) bond motifs is 1. The van der Waals surface area contributed by atoms with E-state index in [1.165, 1.54) is 0 Å². The molecule has 0 N–H and O–H groups in total. The van der Waals surface area contributed by atoms with E-state index in [0.717, 1.165) is 27.8 Å². The molecule has 0 saturated carbocycles. The molecule has 2 aliphatic rings. The fourth-order valence-corrected chi connectivity index (χ4v) is 4.90. The maximum atomic E-state index is 13.4. The summed E-state index contributed by atoms with van der Waals surface area (Å²) in [5.41, 5.74) is 5.67. The Morgan fingerprint density at radius 2 is 1.53 bits per heavy atom. The zero-order valence-corrected chi connectivity index (χ0v) is 21.3. The van der Waals surface area contributed by atoms with Gasteiger partial charge in [-0.1, -0.05) is 60.7 Å². The fourth-order valence-electron chi connectivity index (χ4n) is 4.90. The largest absolute Gasteiger partial charge is 0.451 e. The fraction of sp³-hybridized carbons (Fsp3) is 0.367. The van der Waals surface area contributed by atoms with Gasteiger partial charge in [0.2, 0.25) is 0 Å². The first-order valence-corrected chi connectivity index (χ1v) is 12.2. The normalized spacial score (nSPS) is 25.4. The standard InChI is InChI=1S/C30H32O6/c1-18-11-12-23(17-19(18)2)24(25-26-27(29(32-5)34-25)36-30(3,4)35-26)33-28(31)22-15-13-21(14-16-22)20-9-7-6-8-10-20/h6-17,24-27,29H,1-5H3/t24-,25-,26-,27-,29-/m1/s1. The number of ether oxygens (including phenoxy) is 5. The molecule has 0 amide bonds. The van der Waals surface area contributed by atoms with Crippen LogP contribution in [0.3, 0.4) is 0 Å². The molecule has 36 heavy (non-hydrogen) atoms. The van der Waals surface area contributed by atoms with Crippen molar-refractivity contribution in [3.63, 3.8) is 0 Å². The van der Waals surface area contributed by atoms with Gasteiger partial charge in [0.15, 0.2) is 18.2 Å². The monoisotopic (exact) mass is 488 g/mol. The maximum Gasteiger partial charge on any atom is 0.338 e. The Morgan fingerprint density at radius 3 is 2.19 bits per heavy atom. The highest BCUT2D eigenvalue weighted by atomic mass is 16.8. The highest BCUT2D eigenvalue weighted by molar-refractivity contribution is 5.90. The first kappa shape index (κ1) is 24.7. The molecule has 3 aromatic carbocycles. The van der Waals surface area contributed by atoms with E-state index in [-0.39, 0.29) is 0 Å². The van der Waals surface area contributed by atoms with Crippen LogP contribution >= 0.6 is 0 Å². The summed E-state index contributed by atoms with van der Waals surface area (Å²) in [6, 6.07) is 23.5. The van der Waals surface area contributed by atoms with E-state index in [2.05, 4.69) is 0 Å². The summed E-state index contributed by atoms with van der Waals surface area (Å²) < 4.78 is 30.2. The number of esters is 1. The number of carbonyl (C=O) groups is 1. The van der Waals surface area contributed by atoms with Crippen molar-refractivity contribution >= 4 is 5.97 Å². The Labute approximate surface area is 212 Å². The molecule has 6 nitrogen and oxygen atoms in total. The quantitative estimate of drug-likeness (QED) is 0.411. The molecule has 188 valence electrons. The van der Waals surface area contributed by atoms with E-state index in [1.54, 1.807) is 19.2 Å². The summed E-state index contributed by atoms with van der Waals surface area (Å²) in [4.78, 5) is 13.4. The minimum Gasteiger partial charge on any atom is -0.451 e. The van der Waals surface area contributed by atoms with E-state index >= 15 is 0 Å². The van der Waals surface area contributed by atoms with Crippen LogP contribution in [0.1, 0.15) is 47.0 Å². The number of rotatable bonds is 6. The number of hydrogen-bond acceptors (Lipinski definition) is 6. The average Bonchev–Trinajstić information content (AvgIpc) is 3.37. The minimum atomic E-state index is -0.792. The van der Waals surface area contributed by atoms with Gasteiger partial charge < -0.3 is 23.7 Å². The molecule has 0 aliphatic carbocycles. The Kier molecular flexibility index (Phi) is 6.70. The van der Waals surface area contributed by atoms with Crippen molar-refractivity contribution in [1.82, 2.24) is 0 Å². The van der Waals surface area contributed by atoms with Crippen LogP contribution < -0.4 is 0 Å². The molecule has 6 heteroatoms. The predicted molar refractivity (Wildman–Crippen MR) is 135 cm³/mol. The zero-order chi connectivity index (χ0) is 25.4. The Balaban J connectivity index is 1.44. The van der Waals surface area contributed by atoms with Crippen LogP contribution in [0, 0.1) is 13.8 Å². The lowest BCUT2D eigenvalue weighted by atomic mass is 9.96. The average molecular weight is 489 g/mol. The van der Waals surface area contributed by atoms with E-state index in [0.29, 0.717) is 5.56 Å². The second-order valence-corrected chi connectivity index (χ2v) is 9.88. The molecular weight excluding hydrogens is 456 g/mol. The van der Waals surface area contributed by atoms with Crippen molar-refractivity contribution < 1.29 is 28.5 Å². The highest BCUT2D eigenvalue weighted by Gasteiger charge is 2.58.